The smallest absolute Gasteiger partial charge is 0.236 e. The number of carbonyl (C=O) groups excluding carboxylic acids is 2. The van der Waals surface area contributed by atoms with Crippen molar-refractivity contribution in [2.45, 2.75) is 12.8 Å². The van der Waals surface area contributed by atoms with Crippen LogP contribution >= 0.6 is 11.6 Å². The maximum absolute atomic E-state index is 12.3. The van der Waals surface area contributed by atoms with Gasteiger partial charge in [0.2, 0.25) is 11.8 Å². The van der Waals surface area contributed by atoms with Crippen molar-refractivity contribution in [2.24, 2.45) is 11.7 Å². The van der Waals surface area contributed by atoms with Gasteiger partial charge in [-0.15, -0.1) is 0 Å². The SMILES string of the molecule is CN(CCOc1cccc(Cl)c1)CC(=O)N1CCC(C(N)=O)CC1. The number of ether oxygens (including phenoxy) is 1. The van der Waals surface area contributed by atoms with E-state index >= 15 is 0 Å². The molecule has 1 aromatic carbocycles. The first-order chi connectivity index (χ1) is 11.5. The highest BCUT2D eigenvalue weighted by Gasteiger charge is 2.26. The first-order valence-corrected chi connectivity index (χ1v) is 8.47. The van der Waals surface area contributed by atoms with Crippen LogP contribution in [-0.4, -0.2) is 61.4 Å². The van der Waals surface area contributed by atoms with Gasteiger partial charge in [-0.2, -0.15) is 0 Å². The van der Waals surface area contributed by atoms with Gasteiger partial charge in [0.15, 0.2) is 0 Å². The molecule has 0 unspecified atom stereocenters. The van der Waals surface area contributed by atoms with E-state index in [1.807, 2.05) is 24.1 Å². The molecular formula is C17H24ClN3O3. The molecule has 1 fully saturated rings. The van der Waals surface area contributed by atoms with E-state index in [0.717, 1.165) is 5.75 Å². The van der Waals surface area contributed by atoms with Crippen LogP contribution in [0, 0.1) is 5.92 Å². The number of nitrogens with two attached hydrogens (primary N) is 1. The van der Waals surface area contributed by atoms with Crippen molar-refractivity contribution in [3.63, 3.8) is 0 Å². The van der Waals surface area contributed by atoms with E-state index in [1.165, 1.54) is 0 Å². The lowest BCUT2D eigenvalue weighted by atomic mass is 9.96. The fourth-order valence-electron chi connectivity index (χ4n) is 2.70. The Kier molecular flexibility index (Phi) is 6.87. The number of likely N-dealkylation sites (N-methyl/N-ethyl adjacent to an activating group) is 1. The van der Waals surface area contributed by atoms with Gasteiger partial charge in [0, 0.05) is 30.6 Å². The summed E-state index contributed by atoms with van der Waals surface area (Å²) in [6.07, 6.45) is 1.31. The Hall–Kier alpha value is -1.79. The minimum absolute atomic E-state index is 0.0724. The molecule has 6 nitrogen and oxygen atoms in total. The number of piperidine rings is 1. The molecule has 0 atom stereocenters. The predicted molar refractivity (Wildman–Crippen MR) is 92.9 cm³/mol. The molecule has 2 amide bonds. The molecule has 132 valence electrons. The fraction of sp³-hybridized carbons (Fsp3) is 0.529. The average Bonchev–Trinajstić information content (AvgIpc) is 2.55. The van der Waals surface area contributed by atoms with E-state index in [1.54, 1.807) is 17.0 Å². The van der Waals surface area contributed by atoms with Crippen molar-refractivity contribution < 1.29 is 14.3 Å². The summed E-state index contributed by atoms with van der Waals surface area (Å²) >= 11 is 5.90. The summed E-state index contributed by atoms with van der Waals surface area (Å²) in [6.45, 7) is 2.64. The monoisotopic (exact) mass is 353 g/mol. The van der Waals surface area contributed by atoms with E-state index in [2.05, 4.69) is 0 Å². The minimum atomic E-state index is -0.266. The van der Waals surface area contributed by atoms with Crippen molar-refractivity contribution in [2.75, 3.05) is 39.8 Å². The van der Waals surface area contributed by atoms with Gasteiger partial charge in [-0.1, -0.05) is 17.7 Å². The maximum Gasteiger partial charge on any atom is 0.236 e. The normalized spacial score (nSPS) is 15.5. The van der Waals surface area contributed by atoms with Crippen LogP contribution in [0.5, 0.6) is 5.75 Å². The highest BCUT2D eigenvalue weighted by Crippen LogP contribution is 2.18. The molecule has 0 aromatic heterocycles. The number of primary amides is 1. The third kappa shape index (κ3) is 5.69. The number of hydrogen-bond donors (Lipinski definition) is 1. The topological polar surface area (TPSA) is 75.9 Å². The zero-order valence-electron chi connectivity index (χ0n) is 13.9. The molecule has 1 saturated heterocycles. The van der Waals surface area contributed by atoms with E-state index < -0.39 is 0 Å². The summed E-state index contributed by atoms with van der Waals surface area (Å²) in [6, 6.07) is 7.23. The third-order valence-corrected chi connectivity index (χ3v) is 4.43. The molecule has 0 radical (unpaired) electrons. The first kappa shape index (κ1) is 18.5. The van der Waals surface area contributed by atoms with E-state index in [0.29, 0.717) is 50.7 Å². The molecule has 1 aromatic rings. The Balaban J connectivity index is 1.67. The largest absolute Gasteiger partial charge is 0.492 e. The van der Waals surface area contributed by atoms with Crippen molar-refractivity contribution in [1.29, 1.82) is 0 Å². The Morgan fingerprint density at radius 1 is 1.38 bits per heavy atom. The lowest BCUT2D eigenvalue weighted by molar-refractivity contribution is -0.135. The lowest BCUT2D eigenvalue weighted by Crippen LogP contribution is -2.45. The van der Waals surface area contributed by atoms with Crippen molar-refractivity contribution in [3.05, 3.63) is 29.3 Å². The van der Waals surface area contributed by atoms with Gasteiger partial charge in [0.05, 0.1) is 6.54 Å². The zero-order chi connectivity index (χ0) is 17.5. The molecular weight excluding hydrogens is 330 g/mol. The van der Waals surface area contributed by atoms with Crippen molar-refractivity contribution in [3.8, 4) is 5.75 Å². The molecule has 1 heterocycles. The van der Waals surface area contributed by atoms with Crippen LogP contribution in [0.2, 0.25) is 5.02 Å². The summed E-state index contributed by atoms with van der Waals surface area (Å²) in [4.78, 5) is 27.1. The van der Waals surface area contributed by atoms with Crippen LogP contribution < -0.4 is 10.5 Å². The van der Waals surface area contributed by atoms with Gasteiger partial charge in [-0.25, -0.2) is 0 Å². The summed E-state index contributed by atoms with van der Waals surface area (Å²) < 4.78 is 5.62. The van der Waals surface area contributed by atoms with Gasteiger partial charge >= 0.3 is 0 Å². The van der Waals surface area contributed by atoms with Gasteiger partial charge in [0.25, 0.3) is 0 Å². The Morgan fingerprint density at radius 3 is 2.71 bits per heavy atom. The van der Waals surface area contributed by atoms with Crippen LogP contribution in [0.15, 0.2) is 24.3 Å². The summed E-state index contributed by atoms with van der Waals surface area (Å²) in [7, 11) is 1.88. The van der Waals surface area contributed by atoms with E-state index in [9.17, 15) is 9.59 Å². The Morgan fingerprint density at radius 2 is 2.08 bits per heavy atom. The molecule has 2 rings (SSSR count). The molecule has 24 heavy (non-hydrogen) atoms. The highest BCUT2D eigenvalue weighted by molar-refractivity contribution is 6.30. The Bertz CT molecular complexity index is 574. The summed E-state index contributed by atoms with van der Waals surface area (Å²) in [5, 5.41) is 0.635. The fourth-order valence-corrected chi connectivity index (χ4v) is 2.88. The quantitative estimate of drug-likeness (QED) is 0.803. The van der Waals surface area contributed by atoms with Crippen LogP contribution in [0.25, 0.3) is 0 Å². The number of amides is 2. The summed E-state index contributed by atoms with van der Waals surface area (Å²) in [5.74, 6) is 0.425. The molecule has 2 N–H and O–H groups in total. The molecule has 7 heteroatoms. The molecule has 0 aliphatic carbocycles. The third-order valence-electron chi connectivity index (χ3n) is 4.19. The van der Waals surface area contributed by atoms with Crippen molar-refractivity contribution >= 4 is 23.4 Å². The number of nitrogens with zero attached hydrogens (tertiary/aromatic N) is 2. The predicted octanol–water partition coefficient (Wildman–Crippen LogP) is 1.37. The zero-order valence-corrected chi connectivity index (χ0v) is 14.7. The standard InChI is InChI=1S/C17H24ClN3O3/c1-20(9-10-24-15-4-2-3-14(18)11-15)12-16(22)21-7-5-13(6-8-21)17(19)23/h2-4,11,13H,5-10,12H2,1H3,(H2,19,23). The van der Waals surface area contributed by atoms with Crippen LogP contribution in [-0.2, 0) is 9.59 Å². The maximum atomic E-state index is 12.3. The van der Waals surface area contributed by atoms with Crippen molar-refractivity contribution in [1.82, 2.24) is 9.80 Å². The second-order valence-electron chi connectivity index (χ2n) is 6.10. The first-order valence-electron chi connectivity index (χ1n) is 8.09. The number of hydrogen-bond acceptors (Lipinski definition) is 4. The number of rotatable bonds is 7. The number of likely N-dealkylation sites (tertiary alicyclic amines) is 1. The van der Waals surface area contributed by atoms with Gasteiger partial charge in [-0.3, -0.25) is 14.5 Å². The average molecular weight is 354 g/mol. The number of carbonyl (C=O) groups is 2. The molecule has 0 spiro atoms. The second kappa shape index (κ2) is 8.89. The summed E-state index contributed by atoms with van der Waals surface area (Å²) in [5.41, 5.74) is 5.31. The van der Waals surface area contributed by atoms with Gasteiger partial charge in [-0.05, 0) is 38.1 Å². The van der Waals surface area contributed by atoms with Gasteiger partial charge < -0.3 is 15.4 Å². The highest BCUT2D eigenvalue weighted by atomic mass is 35.5. The van der Waals surface area contributed by atoms with E-state index in [-0.39, 0.29) is 17.7 Å². The van der Waals surface area contributed by atoms with Crippen LogP contribution in [0.3, 0.4) is 0 Å². The molecule has 0 bridgehead atoms. The van der Waals surface area contributed by atoms with E-state index in [4.69, 9.17) is 22.1 Å². The second-order valence-corrected chi connectivity index (χ2v) is 6.54. The minimum Gasteiger partial charge on any atom is -0.492 e. The molecule has 1 aliphatic rings. The number of halogens is 1. The molecule has 0 saturated carbocycles. The van der Waals surface area contributed by atoms with Crippen LogP contribution in [0.1, 0.15) is 12.8 Å². The Labute approximate surface area is 147 Å². The number of benzene rings is 1. The molecule has 1 aliphatic heterocycles. The lowest BCUT2D eigenvalue weighted by Gasteiger charge is -2.31. The van der Waals surface area contributed by atoms with Gasteiger partial charge in [0.1, 0.15) is 12.4 Å². The van der Waals surface area contributed by atoms with Crippen LogP contribution in [0.4, 0.5) is 0 Å².